The van der Waals surface area contributed by atoms with Crippen molar-refractivity contribution in [1.82, 2.24) is 5.32 Å². The highest BCUT2D eigenvalue weighted by molar-refractivity contribution is 5.92. The van der Waals surface area contributed by atoms with Crippen LogP contribution >= 0.6 is 0 Å². The zero-order valence-corrected chi connectivity index (χ0v) is 11.3. The number of carbonyl (C=O) groups is 1. The molecule has 0 unspecified atom stereocenters. The average molecular weight is 263 g/mol. The normalized spacial score (nSPS) is 14.4. The van der Waals surface area contributed by atoms with E-state index >= 15 is 0 Å². The molecule has 0 radical (unpaired) electrons. The number of fused-ring (bicyclic) bond motifs is 1. The molecule has 1 N–H and O–H groups in total. The summed E-state index contributed by atoms with van der Waals surface area (Å²) < 4.78 is 0. The van der Waals surface area contributed by atoms with Crippen molar-refractivity contribution in [2.75, 3.05) is 0 Å². The number of benzene rings is 2. The van der Waals surface area contributed by atoms with E-state index in [0.29, 0.717) is 0 Å². The molecule has 0 spiro atoms. The van der Waals surface area contributed by atoms with E-state index in [4.69, 9.17) is 0 Å². The van der Waals surface area contributed by atoms with Gasteiger partial charge in [0.2, 0.25) is 5.91 Å². The zero-order valence-electron chi connectivity index (χ0n) is 11.3. The molecule has 3 rings (SSSR count). The Kier molecular flexibility index (Phi) is 3.64. The van der Waals surface area contributed by atoms with E-state index in [1.165, 1.54) is 11.1 Å². The molecule has 100 valence electrons. The van der Waals surface area contributed by atoms with Crippen molar-refractivity contribution in [2.45, 2.75) is 18.9 Å². The standard InChI is InChI=1S/C18H17NO/c20-18(11-10-14-6-2-1-3-7-14)19-17-12-15-8-4-5-9-16(15)13-17/h1-11,17H,12-13H2,(H,19,20)/b11-10+. The minimum atomic E-state index is -0.0216. The molecule has 2 aromatic rings. The van der Waals surface area contributed by atoms with Crippen molar-refractivity contribution in [3.05, 3.63) is 77.4 Å². The molecule has 2 aromatic carbocycles. The zero-order chi connectivity index (χ0) is 13.8. The average Bonchev–Trinajstić information content (AvgIpc) is 2.88. The fourth-order valence-electron chi connectivity index (χ4n) is 2.65. The van der Waals surface area contributed by atoms with E-state index in [0.717, 1.165) is 18.4 Å². The number of hydrogen-bond acceptors (Lipinski definition) is 1. The van der Waals surface area contributed by atoms with Gasteiger partial charge in [0.1, 0.15) is 0 Å². The number of nitrogens with one attached hydrogen (secondary N) is 1. The maximum Gasteiger partial charge on any atom is 0.244 e. The van der Waals surface area contributed by atoms with E-state index in [1.807, 2.05) is 36.4 Å². The first kappa shape index (κ1) is 12.7. The van der Waals surface area contributed by atoms with Crippen LogP contribution < -0.4 is 5.32 Å². The monoisotopic (exact) mass is 263 g/mol. The Morgan fingerprint density at radius 2 is 1.55 bits per heavy atom. The summed E-state index contributed by atoms with van der Waals surface area (Å²) in [7, 11) is 0. The molecular formula is C18H17NO. The quantitative estimate of drug-likeness (QED) is 0.847. The summed E-state index contributed by atoms with van der Waals surface area (Å²) >= 11 is 0. The third-order valence-electron chi connectivity index (χ3n) is 3.62. The molecule has 0 aromatic heterocycles. The fraction of sp³-hybridized carbons (Fsp3) is 0.167. The van der Waals surface area contributed by atoms with Crippen molar-refractivity contribution in [3.8, 4) is 0 Å². The molecule has 1 aliphatic carbocycles. The third kappa shape index (κ3) is 2.97. The van der Waals surface area contributed by atoms with Crippen molar-refractivity contribution in [3.63, 3.8) is 0 Å². The summed E-state index contributed by atoms with van der Waals surface area (Å²) in [6, 6.07) is 18.5. The smallest absolute Gasteiger partial charge is 0.244 e. The molecule has 0 heterocycles. The Morgan fingerprint density at radius 3 is 2.20 bits per heavy atom. The lowest BCUT2D eigenvalue weighted by Gasteiger charge is -2.09. The maximum absolute atomic E-state index is 11.9. The maximum atomic E-state index is 11.9. The summed E-state index contributed by atoms with van der Waals surface area (Å²) in [6.45, 7) is 0. The molecule has 0 aliphatic heterocycles. The van der Waals surface area contributed by atoms with E-state index < -0.39 is 0 Å². The van der Waals surface area contributed by atoms with Crippen LogP contribution in [0.15, 0.2) is 60.7 Å². The topological polar surface area (TPSA) is 29.1 Å². The number of hydrogen-bond donors (Lipinski definition) is 1. The van der Waals surface area contributed by atoms with Crippen molar-refractivity contribution >= 4 is 12.0 Å². The Labute approximate surface area is 119 Å². The lowest BCUT2D eigenvalue weighted by molar-refractivity contribution is -0.117. The van der Waals surface area contributed by atoms with Gasteiger partial charge in [0.05, 0.1) is 0 Å². The molecular weight excluding hydrogens is 246 g/mol. The first-order valence-corrected chi connectivity index (χ1v) is 6.92. The minimum Gasteiger partial charge on any atom is -0.349 e. The summed E-state index contributed by atoms with van der Waals surface area (Å²) in [4.78, 5) is 11.9. The molecule has 0 saturated carbocycles. The number of rotatable bonds is 3. The molecule has 0 fully saturated rings. The van der Waals surface area contributed by atoms with Crippen LogP contribution in [0.1, 0.15) is 16.7 Å². The van der Waals surface area contributed by atoms with Gasteiger partial charge in [0, 0.05) is 12.1 Å². The largest absolute Gasteiger partial charge is 0.349 e. The highest BCUT2D eigenvalue weighted by atomic mass is 16.1. The van der Waals surface area contributed by atoms with Gasteiger partial charge in [-0.25, -0.2) is 0 Å². The molecule has 20 heavy (non-hydrogen) atoms. The minimum absolute atomic E-state index is 0.0216. The van der Waals surface area contributed by atoms with Gasteiger partial charge in [0.25, 0.3) is 0 Å². The van der Waals surface area contributed by atoms with Crippen molar-refractivity contribution in [2.24, 2.45) is 0 Å². The van der Waals surface area contributed by atoms with Gasteiger partial charge in [-0.05, 0) is 35.6 Å². The van der Waals surface area contributed by atoms with Gasteiger partial charge in [-0.1, -0.05) is 54.6 Å². The summed E-state index contributed by atoms with van der Waals surface area (Å²) in [5.41, 5.74) is 3.74. The Hall–Kier alpha value is -2.35. The fourth-order valence-corrected chi connectivity index (χ4v) is 2.65. The molecule has 2 nitrogen and oxygen atoms in total. The lowest BCUT2D eigenvalue weighted by atomic mass is 10.1. The van der Waals surface area contributed by atoms with Crippen molar-refractivity contribution < 1.29 is 4.79 Å². The predicted octanol–water partition coefficient (Wildman–Crippen LogP) is 2.98. The Balaban J connectivity index is 1.57. The van der Waals surface area contributed by atoms with Crippen LogP contribution in [0.4, 0.5) is 0 Å². The van der Waals surface area contributed by atoms with Crippen LogP contribution in [-0.4, -0.2) is 11.9 Å². The molecule has 2 heteroatoms. The highest BCUT2D eigenvalue weighted by Gasteiger charge is 2.21. The molecule has 0 bridgehead atoms. The van der Waals surface area contributed by atoms with Crippen LogP contribution in [0.2, 0.25) is 0 Å². The van der Waals surface area contributed by atoms with Gasteiger partial charge in [-0.2, -0.15) is 0 Å². The molecule has 1 amide bonds. The molecule has 0 saturated heterocycles. The second-order valence-electron chi connectivity index (χ2n) is 5.13. The van der Waals surface area contributed by atoms with Crippen LogP contribution in [0.25, 0.3) is 6.08 Å². The van der Waals surface area contributed by atoms with Gasteiger partial charge in [0.15, 0.2) is 0 Å². The van der Waals surface area contributed by atoms with Crippen LogP contribution in [0.5, 0.6) is 0 Å². The van der Waals surface area contributed by atoms with Crippen LogP contribution in [0.3, 0.4) is 0 Å². The van der Waals surface area contributed by atoms with Crippen LogP contribution in [0, 0.1) is 0 Å². The van der Waals surface area contributed by atoms with Gasteiger partial charge >= 0.3 is 0 Å². The first-order valence-electron chi connectivity index (χ1n) is 6.92. The molecule has 0 atom stereocenters. The lowest BCUT2D eigenvalue weighted by Crippen LogP contribution is -2.34. The summed E-state index contributed by atoms with van der Waals surface area (Å²) in [6.07, 6.45) is 5.32. The Bertz CT molecular complexity index is 606. The number of amides is 1. The van der Waals surface area contributed by atoms with E-state index in [2.05, 4.69) is 29.6 Å². The van der Waals surface area contributed by atoms with E-state index in [1.54, 1.807) is 6.08 Å². The highest BCUT2D eigenvalue weighted by Crippen LogP contribution is 2.21. The number of carbonyl (C=O) groups excluding carboxylic acids is 1. The Morgan fingerprint density at radius 1 is 0.950 bits per heavy atom. The predicted molar refractivity (Wildman–Crippen MR) is 81.3 cm³/mol. The summed E-state index contributed by atoms with van der Waals surface area (Å²) in [5, 5.41) is 3.07. The third-order valence-corrected chi connectivity index (χ3v) is 3.62. The second kappa shape index (κ2) is 5.74. The first-order chi connectivity index (χ1) is 9.81. The second-order valence-corrected chi connectivity index (χ2v) is 5.13. The summed E-state index contributed by atoms with van der Waals surface area (Å²) in [5.74, 6) is -0.0216. The van der Waals surface area contributed by atoms with Gasteiger partial charge < -0.3 is 5.32 Å². The van der Waals surface area contributed by atoms with E-state index in [9.17, 15) is 4.79 Å². The van der Waals surface area contributed by atoms with Crippen molar-refractivity contribution in [1.29, 1.82) is 0 Å². The van der Waals surface area contributed by atoms with Crippen LogP contribution in [-0.2, 0) is 17.6 Å². The van der Waals surface area contributed by atoms with Gasteiger partial charge in [-0.15, -0.1) is 0 Å². The SMILES string of the molecule is O=C(/C=C/c1ccccc1)NC1Cc2ccccc2C1. The molecule has 1 aliphatic rings. The van der Waals surface area contributed by atoms with Gasteiger partial charge in [-0.3, -0.25) is 4.79 Å². The van der Waals surface area contributed by atoms with E-state index in [-0.39, 0.29) is 11.9 Å².